The molecule has 0 atom stereocenters. The number of fused-ring (bicyclic) bond motifs is 9. The molecule has 6 heteroatoms. The summed E-state index contributed by atoms with van der Waals surface area (Å²) in [6, 6.07) is 69.2. The van der Waals surface area contributed by atoms with Crippen molar-refractivity contribution in [2.45, 2.75) is 6.92 Å². The summed E-state index contributed by atoms with van der Waals surface area (Å²) in [5, 5.41) is 6.75. The van der Waals surface area contributed by atoms with Crippen LogP contribution in [0.1, 0.15) is 5.69 Å². The molecule has 0 bridgehead atoms. The van der Waals surface area contributed by atoms with Gasteiger partial charge in [0, 0.05) is 61.3 Å². The summed E-state index contributed by atoms with van der Waals surface area (Å²) < 4.78 is 4.59. The van der Waals surface area contributed by atoms with Gasteiger partial charge in [-0.25, -0.2) is 9.97 Å². The second-order valence-electron chi connectivity index (χ2n) is 15.3. The smallest absolute Gasteiger partial charge is 0.235 e. The Hall–Kier alpha value is -8.09. The van der Waals surface area contributed by atoms with Gasteiger partial charge < -0.3 is 9.47 Å². The maximum atomic E-state index is 5.24. The fourth-order valence-electron chi connectivity index (χ4n) is 9.14. The molecule has 8 aromatic carbocycles. The van der Waals surface area contributed by atoms with Gasteiger partial charge in [-0.1, -0.05) is 84.9 Å². The zero-order valence-electron chi connectivity index (χ0n) is 32.7. The maximum Gasteiger partial charge on any atom is 0.235 e. The maximum absolute atomic E-state index is 5.24. The molecule has 0 unspecified atom stereocenters. The van der Waals surface area contributed by atoms with E-state index in [1.165, 1.54) is 10.8 Å². The van der Waals surface area contributed by atoms with Gasteiger partial charge in [0.15, 0.2) is 0 Å². The third-order valence-electron chi connectivity index (χ3n) is 11.9. The molecule has 6 nitrogen and oxygen atoms in total. The number of aromatic nitrogens is 5. The van der Waals surface area contributed by atoms with Gasteiger partial charge in [0.05, 0.1) is 38.8 Å². The van der Waals surface area contributed by atoms with E-state index in [-0.39, 0.29) is 0 Å². The number of anilines is 3. The lowest BCUT2D eigenvalue weighted by Gasteiger charge is -2.25. The highest BCUT2D eigenvalue weighted by Gasteiger charge is 2.20. The van der Waals surface area contributed by atoms with Gasteiger partial charge >= 0.3 is 0 Å². The van der Waals surface area contributed by atoms with Gasteiger partial charge in [-0.2, -0.15) is 0 Å². The lowest BCUT2D eigenvalue weighted by Crippen LogP contribution is -2.09. The molecule has 12 rings (SSSR count). The molecule has 0 fully saturated rings. The molecule has 282 valence electrons. The first-order valence-corrected chi connectivity index (χ1v) is 20.3. The molecule has 12 aromatic rings. The fourth-order valence-corrected chi connectivity index (χ4v) is 9.14. The highest BCUT2D eigenvalue weighted by Crippen LogP contribution is 2.42. The Kier molecular flexibility index (Phi) is 7.65. The average Bonchev–Trinajstić information content (AvgIpc) is 3.82. The predicted octanol–water partition coefficient (Wildman–Crippen LogP) is 13.8. The molecular weight excluding hydrogens is 733 g/mol. The molecule has 0 aliphatic rings. The van der Waals surface area contributed by atoms with Crippen LogP contribution in [-0.4, -0.2) is 24.1 Å². The van der Waals surface area contributed by atoms with E-state index >= 15 is 0 Å². The van der Waals surface area contributed by atoms with Crippen molar-refractivity contribution in [2.24, 2.45) is 0 Å². The van der Waals surface area contributed by atoms with Crippen LogP contribution in [0.5, 0.6) is 0 Å². The van der Waals surface area contributed by atoms with Crippen molar-refractivity contribution in [2.75, 3.05) is 4.90 Å². The first-order chi connectivity index (χ1) is 29.7. The van der Waals surface area contributed by atoms with E-state index in [9.17, 15) is 0 Å². The molecule has 0 saturated carbocycles. The highest BCUT2D eigenvalue weighted by atomic mass is 15.2. The first kappa shape index (κ1) is 34.0. The number of para-hydroxylation sites is 4. The molecule has 0 saturated heterocycles. The van der Waals surface area contributed by atoms with E-state index in [2.05, 4.69) is 214 Å². The van der Waals surface area contributed by atoms with Gasteiger partial charge in [-0.3, -0.25) is 9.55 Å². The topological polar surface area (TPSA) is 51.8 Å². The summed E-state index contributed by atoms with van der Waals surface area (Å²) in [4.78, 5) is 17.3. The second kappa shape index (κ2) is 13.5. The minimum Gasteiger partial charge on any atom is -0.310 e. The predicted molar refractivity (Wildman–Crippen MR) is 248 cm³/mol. The summed E-state index contributed by atoms with van der Waals surface area (Å²) in [5.41, 5.74) is 14.0. The van der Waals surface area contributed by atoms with Crippen LogP contribution in [0.2, 0.25) is 0 Å². The molecular formula is C54H36N6. The molecule has 4 heterocycles. The van der Waals surface area contributed by atoms with Crippen LogP contribution in [0.25, 0.3) is 88.2 Å². The Bertz CT molecular complexity index is 3570. The Morgan fingerprint density at radius 3 is 1.68 bits per heavy atom. The first-order valence-electron chi connectivity index (χ1n) is 20.3. The molecule has 0 radical (unpaired) electrons. The van der Waals surface area contributed by atoms with Crippen molar-refractivity contribution in [1.82, 2.24) is 24.1 Å². The van der Waals surface area contributed by atoms with E-state index in [0.29, 0.717) is 5.95 Å². The summed E-state index contributed by atoms with van der Waals surface area (Å²) in [6.07, 6.45) is 1.83. The number of nitrogens with zero attached hydrogens (tertiary/aromatic N) is 6. The Balaban J connectivity index is 1.05. The molecule has 60 heavy (non-hydrogen) atoms. The highest BCUT2D eigenvalue weighted by molar-refractivity contribution is 6.13. The number of hydrogen-bond acceptors (Lipinski definition) is 4. The van der Waals surface area contributed by atoms with Crippen molar-refractivity contribution < 1.29 is 0 Å². The molecule has 0 N–H and O–H groups in total. The van der Waals surface area contributed by atoms with E-state index < -0.39 is 0 Å². The van der Waals surface area contributed by atoms with E-state index in [1.54, 1.807) is 0 Å². The Morgan fingerprint density at radius 1 is 0.400 bits per heavy atom. The van der Waals surface area contributed by atoms with Crippen LogP contribution in [0.4, 0.5) is 17.1 Å². The van der Waals surface area contributed by atoms with Crippen LogP contribution >= 0.6 is 0 Å². The fraction of sp³-hybridized carbons (Fsp3) is 0.0185. The number of aryl methyl sites for hydroxylation is 1. The summed E-state index contributed by atoms with van der Waals surface area (Å²) in [6.45, 7) is 2.07. The minimum atomic E-state index is 0.654. The zero-order valence-corrected chi connectivity index (χ0v) is 32.7. The van der Waals surface area contributed by atoms with Gasteiger partial charge in [0.25, 0.3) is 0 Å². The Labute approximate surface area is 345 Å². The summed E-state index contributed by atoms with van der Waals surface area (Å²) in [7, 11) is 0. The van der Waals surface area contributed by atoms with Gasteiger partial charge in [0.1, 0.15) is 0 Å². The standard InChI is InChI=1S/C54H36N6/c1-35-42-26-27-48-44(21-13-31-55-48)53(42)57-54(56-35)60-49-22-12-11-20-43(49)45-32-36(24-29-52(45)60)37-23-28-50-46(33-37)47-34-41(25-30-51(47)59(50)40-18-9-4-10-19-40)58(38-14-5-2-6-15-38)39-16-7-3-8-17-39/h2-34H,1H3. The number of rotatable bonds is 6. The number of pyridine rings is 1. The molecule has 0 amide bonds. The molecule has 4 aromatic heterocycles. The van der Waals surface area contributed by atoms with E-state index in [1.807, 2.05) is 12.3 Å². The quantitative estimate of drug-likeness (QED) is 0.158. The van der Waals surface area contributed by atoms with E-state index in [4.69, 9.17) is 9.97 Å². The van der Waals surface area contributed by atoms with E-state index in [0.717, 1.165) is 94.2 Å². The van der Waals surface area contributed by atoms with Crippen LogP contribution in [0.15, 0.2) is 200 Å². The van der Waals surface area contributed by atoms with Crippen LogP contribution in [0.3, 0.4) is 0 Å². The van der Waals surface area contributed by atoms with Crippen molar-refractivity contribution in [3.63, 3.8) is 0 Å². The SMILES string of the molecule is Cc1nc(-n2c3ccccc3c3cc(-c4ccc5c(c4)c4cc(N(c6ccccc6)c6ccccc6)ccc4n5-c4ccccc4)ccc32)nc2c1ccc1ncccc12. The lowest BCUT2D eigenvalue weighted by molar-refractivity contribution is 0.990. The third kappa shape index (κ3) is 5.31. The average molecular weight is 769 g/mol. The monoisotopic (exact) mass is 768 g/mol. The van der Waals surface area contributed by atoms with Crippen LogP contribution in [-0.2, 0) is 0 Å². The Morgan fingerprint density at radius 2 is 0.967 bits per heavy atom. The molecule has 0 aliphatic carbocycles. The van der Waals surface area contributed by atoms with Crippen LogP contribution < -0.4 is 4.90 Å². The van der Waals surface area contributed by atoms with Crippen molar-refractivity contribution in [3.8, 4) is 22.8 Å². The second-order valence-corrected chi connectivity index (χ2v) is 15.3. The molecule has 0 aliphatic heterocycles. The number of benzene rings is 8. The third-order valence-corrected chi connectivity index (χ3v) is 11.9. The van der Waals surface area contributed by atoms with Crippen molar-refractivity contribution in [3.05, 3.63) is 206 Å². The largest absolute Gasteiger partial charge is 0.310 e. The number of hydrogen-bond donors (Lipinski definition) is 0. The van der Waals surface area contributed by atoms with Gasteiger partial charge in [0.2, 0.25) is 5.95 Å². The van der Waals surface area contributed by atoms with Crippen molar-refractivity contribution in [1.29, 1.82) is 0 Å². The van der Waals surface area contributed by atoms with Crippen molar-refractivity contribution >= 4 is 82.5 Å². The summed E-state index contributed by atoms with van der Waals surface area (Å²) >= 11 is 0. The lowest BCUT2D eigenvalue weighted by atomic mass is 10.0. The summed E-state index contributed by atoms with van der Waals surface area (Å²) in [5.74, 6) is 0.654. The normalized spacial score (nSPS) is 11.8. The zero-order chi connectivity index (χ0) is 39.7. The van der Waals surface area contributed by atoms with Gasteiger partial charge in [-0.05, 0) is 127 Å². The van der Waals surface area contributed by atoms with Crippen LogP contribution in [0, 0.1) is 6.92 Å². The van der Waals surface area contributed by atoms with Gasteiger partial charge in [-0.15, -0.1) is 0 Å². The molecule has 0 spiro atoms. The minimum absolute atomic E-state index is 0.654.